The molecule has 0 unspecified atom stereocenters. The van der Waals surface area contributed by atoms with Crippen LogP contribution in [0.25, 0.3) is 0 Å². The van der Waals surface area contributed by atoms with Crippen LogP contribution in [-0.2, 0) is 9.59 Å². The van der Waals surface area contributed by atoms with Crippen LogP contribution in [0.2, 0.25) is 0 Å². The highest BCUT2D eigenvalue weighted by atomic mass is 16.3. The zero-order valence-corrected chi connectivity index (χ0v) is 16.2. The van der Waals surface area contributed by atoms with E-state index in [0.29, 0.717) is 12.1 Å². The van der Waals surface area contributed by atoms with Gasteiger partial charge in [0.1, 0.15) is 11.7 Å². The molecule has 0 heterocycles. The summed E-state index contributed by atoms with van der Waals surface area (Å²) in [4.78, 5) is 35.3. The van der Waals surface area contributed by atoms with E-state index in [4.69, 9.17) is 5.73 Å². The molecule has 10 heteroatoms. The first kappa shape index (κ1) is 22.6. The van der Waals surface area contributed by atoms with Crippen LogP contribution in [0.4, 0.5) is 10.5 Å². The predicted octanol–water partition coefficient (Wildman–Crippen LogP) is -0.886. The minimum absolute atomic E-state index is 0.0867. The number of carbonyl (C=O) groups is 3. The highest BCUT2D eigenvalue weighted by molar-refractivity contribution is 5.90. The van der Waals surface area contributed by atoms with Crippen LogP contribution in [0.5, 0.6) is 0 Å². The van der Waals surface area contributed by atoms with Crippen molar-refractivity contribution in [3.05, 3.63) is 29.8 Å². The molecule has 1 aromatic rings. The van der Waals surface area contributed by atoms with Crippen molar-refractivity contribution in [2.75, 3.05) is 11.9 Å². The minimum Gasteiger partial charge on any atom is -0.390 e. The Morgan fingerprint density at radius 2 is 1.83 bits per heavy atom. The third-order valence-electron chi connectivity index (χ3n) is 4.84. The molecule has 0 saturated heterocycles. The van der Waals surface area contributed by atoms with Crippen LogP contribution in [0.15, 0.2) is 24.3 Å². The number of urea groups is 1. The molecule has 29 heavy (non-hydrogen) atoms. The van der Waals surface area contributed by atoms with Crippen molar-refractivity contribution in [1.82, 2.24) is 10.6 Å². The van der Waals surface area contributed by atoms with Gasteiger partial charge in [0, 0.05) is 31.5 Å². The van der Waals surface area contributed by atoms with E-state index in [1.165, 1.54) is 0 Å². The molecule has 1 aliphatic carbocycles. The van der Waals surface area contributed by atoms with Crippen molar-refractivity contribution in [3.63, 3.8) is 0 Å². The standard InChI is InChI=1S/C19H28N4O6/c1-11-4-6-12(7-5-11)22-18(28)23-13-9-19(29,10-14(24)16(13)26)17(27)21-8-2-3-15(20)25/h4-7,13-14,16,24,26,29H,2-3,8-10H2,1H3,(H2,20,25)(H,21,27)(H2,22,23,28)/t13-,14+,16+,19-/m0/s1. The van der Waals surface area contributed by atoms with Crippen molar-refractivity contribution in [1.29, 1.82) is 0 Å². The Morgan fingerprint density at radius 1 is 1.17 bits per heavy atom. The first-order valence-electron chi connectivity index (χ1n) is 9.40. The Kier molecular flexibility index (Phi) is 7.54. The summed E-state index contributed by atoms with van der Waals surface area (Å²) in [6.45, 7) is 2.03. The SMILES string of the molecule is Cc1ccc(NC(=O)N[C@H]2C[C@@](O)(C(=O)NCCCC(N)=O)C[C@@H](O)[C@@H]2O)cc1. The third kappa shape index (κ3) is 6.41. The zero-order valence-electron chi connectivity index (χ0n) is 16.2. The van der Waals surface area contributed by atoms with E-state index in [-0.39, 0.29) is 25.8 Å². The Hall–Kier alpha value is -2.69. The smallest absolute Gasteiger partial charge is 0.319 e. The number of hydrogen-bond acceptors (Lipinski definition) is 6. The first-order valence-corrected chi connectivity index (χ1v) is 9.40. The summed E-state index contributed by atoms with van der Waals surface area (Å²) in [7, 11) is 0. The number of anilines is 1. The summed E-state index contributed by atoms with van der Waals surface area (Å²) in [5.41, 5.74) is 4.60. The first-order chi connectivity index (χ1) is 13.6. The summed E-state index contributed by atoms with van der Waals surface area (Å²) in [6.07, 6.45) is -3.02. The van der Waals surface area contributed by atoms with Gasteiger partial charge in [-0.1, -0.05) is 17.7 Å². The van der Waals surface area contributed by atoms with E-state index in [1.807, 2.05) is 19.1 Å². The molecule has 1 aromatic carbocycles. The number of rotatable bonds is 7. The number of carbonyl (C=O) groups excluding carboxylic acids is 3. The van der Waals surface area contributed by atoms with Crippen LogP contribution in [0, 0.1) is 6.92 Å². The lowest BCUT2D eigenvalue weighted by molar-refractivity contribution is -0.157. The average molecular weight is 408 g/mol. The van der Waals surface area contributed by atoms with Gasteiger partial charge in [-0.3, -0.25) is 9.59 Å². The molecule has 2 rings (SSSR count). The van der Waals surface area contributed by atoms with Gasteiger partial charge in [0.25, 0.3) is 5.91 Å². The molecule has 0 spiro atoms. The van der Waals surface area contributed by atoms with Crippen LogP contribution < -0.4 is 21.7 Å². The number of amides is 4. The second-order valence-corrected chi connectivity index (χ2v) is 7.39. The molecular formula is C19H28N4O6. The van der Waals surface area contributed by atoms with Crippen LogP contribution in [0.3, 0.4) is 0 Å². The van der Waals surface area contributed by atoms with Gasteiger partial charge in [-0.15, -0.1) is 0 Å². The van der Waals surface area contributed by atoms with Crippen LogP contribution >= 0.6 is 0 Å². The molecule has 1 fully saturated rings. The fourth-order valence-electron chi connectivity index (χ4n) is 3.23. The molecule has 4 atom stereocenters. The maximum Gasteiger partial charge on any atom is 0.319 e. The molecule has 1 aliphatic rings. The fourth-order valence-corrected chi connectivity index (χ4v) is 3.23. The molecule has 0 bridgehead atoms. The monoisotopic (exact) mass is 408 g/mol. The zero-order chi connectivity index (χ0) is 21.6. The second-order valence-electron chi connectivity index (χ2n) is 7.39. The van der Waals surface area contributed by atoms with Gasteiger partial charge >= 0.3 is 6.03 Å². The lowest BCUT2D eigenvalue weighted by atomic mass is 9.77. The van der Waals surface area contributed by atoms with E-state index < -0.39 is 41.7 Å². The van der Waals surface area contributed by atoms with E-state index in [1.54, 1.807) is 12.1 Å². The minimum atomic E-state index is -1.98. The summed E-state index contributed by atoms with van der Waals surface area (Å²) < 4.78 is 0. The molecular weight excluding hydrogens is 380 g/mol. The topological polar surface area (TPSA) is 174 Å². The number of nitrogens with one attached hydrogen (secondary N) is 3. The largest absolute Gasteiger partial charge is 0.390 e. The summed E-state index contributed by atoms with van der Waals surface area (Å²) in [6, 6.07) is 5.35. The molecule has 1 saturated carbocycles. The molecule has 10 nitrogen and oxygen atoms in total. The van der Waals surface area contributed by atoms with Gasteiger partial charge in [-0.25, -0.2) is 4.79 Å². The molecule has 0 aliphatic heterocycles. The van der Waals surface area contributed by atoms with E-state index in [9.17, 15) is 29.7 Å². The molecule has 0 radical (unpaired) electrons. The molecule has 4 amide bonds. The average Bonchev–Trinajstić information content (AvgIpc) is 2.64. The number of benzene rings is 1. The van der Waals surface area contributed by atoms with Gasteiger partial charge < -0.3 is 37.0 Å². The maximum absolute atomic E-state index is 12.4. The number of hydrogen-bond donors (Lipinski definition) is 7. The lowest BCUT2D eigenvalue weighted by Gasteiger charge is -2.41. The van der Waals surface area contributed by atoms with Crippen LogP contribution in [-0.4, -0.2) is 63.6 Å². The second kappa shape index (κ2) is 9.68. The van der Waals surface area contributed by atoms with E-state index in [0.717, 1.165) is 5.56 Å². The van der Waals surface area contributed by atoms with Gasteiger partial charge in [0.05, 0.1) is 12.1 Å². The van der Waals surface area contributed by atoms with Gasteiger partial charge in [0.15, 0.2) is 0 Å². The van der Waals surface area contributed by atoms with E-state index in [2.05, 4.69) is 16.0 Å². The van der Waals surface area contributed by atoms with Crippen molar-refractivity contribution >= 4 is 23.5 Å². The highest BCUT2D eigenvalue weighted by Gasteiger charge is 2.49. The third-order valence-corrected chi connectivity index (χ3v) is 4.84. The maximum atomic E-state index is 12.4. The number of primary amides is 1. The lowest BCUT2D eigenvalue weighted by Crippen LogP contribution is -2.63. The molecule has 0 aromatic heterocycles. The Labute approximate surface area is 168 Å². The summed E-state index contributed by atoms with van der Waals surface area (Å²) in [5.74, 6) is -1.25. The number of aryl methyl sites for hydroxylation is 1. The Balaban J connectivity index is 1.96. The highest BCUT2D eigenvalue weighted by Crippen LogP contribution is 2.29. The van der Waals surface area contributed by atoms with Gasteiger partial charge in [-0.2, -0.15) is 0 Å². The number of aliphatic hydroxyl groups is 3. The van der Waals surface area contributed by atoms with Gasteiger partial charge in [-0.05, 0) is 25.5 Å². The number of aliphatic hydroxyl groups excluding tert-OH is 2. The molecule has 160 valence electrons. The normalized spacial score (nSPS) is 26.4. The van der Waals surface area contributed by atoms with Crippen molar-refractivity contribution in [2.45, 2.75) is 56.5 Å². The predicted molar refractivity (Wildman–Crippen MR) is 105 cm³/mol. The van der Waals surface area contributed by atoms with Crippen molar-refractivity contribution in [2.24, 2.45) is 5.73 Å². The van der Waals surface area contributed by atoms with Crippen molar-refractivity contribution in [3.8, 4) is 0 Å². The van der Waals surface area contributed by atoms with Crippen molar-refractivity contribution < 1.29 is 29.7 Å². The summed E-state index contributed by atoms with van der Waals surface area (Å²) in [5, 5.41) is 38.5. The Morgan fingerprint density at radius 3 is 2.45 bits per heavy atom. The quantitative estimate of drug-likeness (QED) is 0.288. The fraction of sp³-hybridized carbons (Fsp3) is 0.526. The summed E-state index contributed by atoms with van der Waals surface area (Å²) >= 11 is 0. The van der Waals surface area contributed by atoms with Crippen LogP contribution in [0.1, 0.15) is 31.2 Å². The number of nitrogens with two attached hydrogens (primary N) is 1. The molecule has 8 N–H and O–H groups in total. The van der Waals surface area contributed by atoms with E-state index >= 15 is 0 Å². The Bertz CT molecular complexity index is 741. The van der Waals surface area contributed by atoms with Gasteiger partial charge in [0.2, 0.25) is 5.91 Å².